The van der Waals surface area contributed by atoms with E-state index in [-0.39, 0.29) is 12.4 Å². The standard InChI is InChI=1S/C14H20N2.ClH/c1-2-7-13(6-1)16-10-12-5-3-4-11-8-9-15-14(11)12;/h3-5,13,15-16H,1-2,6-10H2;1H. The number of hydrogen-bond acceptors (Lipinski definition) is 2. The van der Waals surface area contributed by atoms with E-state index in [1.165, 1.54) is 48.9 Å². The maximum absolute atomic E-state index is 3.69. The number of rotatable bonds is 3. The van der Waals surface area contributed by atoms with Gasteiger partial charge in [-0.05, 0) is 30.4 Å². The Balaban J connectivity index is 0.00000108. The molecule has 2 aliphatic rings. The van der Waals surface area contributed by atoms with Crippen LogP contribution in [0.3, 0.4) is 0 Å². The molecule has 1 fully saturated rings. The molecule has 1 aliphatic heterocycles. The Kier molecular flexibility index (Phi) is 4.30. The summed E-state index contributed by atoms with van der Waals surface area (Å²) in [6, 6.07) is 7.45. The third kappa shape index (κ3) is 2.75. The SMILES string of the molecule is Cl.c1cc2c(c(CNC3CCCC3)c1)NCC2. The third-order valence-corrected chi connectivity index (χ3v) is 3.87. The Morgan fingerprint density at radius 3 is 2.88 bits per heavy atom. The fourth-order valence-corrected chi connectivity index (χ4v) is 2.94. The van der Waals surface area contributed by atoms with Crippen LogP contribution in [0.4, 0.5) is 5.69 Å². The van der Waals surface area contributed by atoms with Gasteiger partial charge < -0.3 is 10.6 Å². The van der Waals surface area contributed by atoms with Crippen molar-refractivity contribution in [2.45, 2.75) is 44.7 Å². The van der Waals surface area contributed by atoms with Gasteiger partial charge in [-0.25, -0.2) is 0 Å². The highest BCUT2D eigenvalue weighted by Gasteiger charge is 2.16. The molecule has 1 saturated carbocycles. The molecule has 0 saturated heterocycles. The predicted octanol–water partition coefficient (Wildman–Crippen LogP) is 3.11. The van der Waals surface area contributed by atoms with Crippen molar-refractivity contribution in [3.8, 4) is 0 Å². The molecule has 2 N–H and O–H groups in total. The molecule has 0 atom stereocenters. The molecule has 1 heterocycles. The van der Waals surface area contributed by atoms with Gasteiger partial charge in [0.25, 0.3) is 0 Å². The summed E-state index contributed by atoms with van der Waals surface area (Å²) < 4.78 is 0. The van der Waals surface area contributed by atoms with E-state index in [4.69, 9.17) is 0 Å². The fraction of sp³-hybridized carbons (Fsp3) is 0.571. The normalized spacial score (nSPS) is 18.6. The highest BCUT2D eigenvalue weighted by Crippen LogP contribution is 2.27. The number of fused-ring (bicyclic) bond motifs is 1. The summed E-state index contributed by atoms with van der Waals surface area (Å²) in [4.78, 5) is 0. The first-order valence-corrected chi connectivity index (χ1v) is 6.51. The van der Waals surface area contributed by atoms with Gasteiger partial charge in [0.2, 0.25) is 0 Å². The molecular formula is C14H21ClN2. The minimum Gasteiger partial charge on any atom is -0.384 e. The molecule has 2 nitrogen and oxygen atoms in total. The van der Waals surface area contributed by atoms with Gasteiger partial charge in [-0.1, -0.05) is 31.0 Å². The maximum Gasteiger partial charge on any atom is 0.0419 e. The van der Waals surface area contributed by atoms with E-state index >= 15 is 0 Å². The molecule has 17 heavy (non-hydrogen) atoms. The smallest absolute Gasteiger partial charge is 0.0419 e. The van der Waals surface area contributed by atoms with Crippen molar-refractivity contribution < 1.29 is 0 Å². The Morgan fingerprint density at radius 1 is 1.24 bits per heavy atom. The quantitative estimate of drug-likeness (QED) is 0.864. The molecule has 94 valence electrons. The second kappa shape index (κ2) is 5.74. The van der Waals surface area contributed by atoms with Crippen LogP contribution in [0.2, 0.25) is 0 Å². The van der Waals surface area contributed by atoms with Crippen LogP contribution in [0, 0.1) is 0 Å². The zero-order valence-electron chi connectivity index (χ0n) is 10.2. The number of nitrogens with one attached hydrogen (secondary N) is 2. The van der Waals surface area contributed by atoms with Crippen molar-refractivity contribution in [2.75, 3.05) is 11.9 Å². The van der Waals surface area contributed by atoms with Crippen LogP contribution in [0.15, 0.2) is 18.2 Å². The van der Waals surface area contributed by atoms with Crippen molar-refractivity contribution >= 4 is 18.1 Å². The van der Waals surface area contributed by atoms with Crippen molar-refractivity contribution in [1.82, 2.24) is 5.32 Å². The molecule has 0 radical (unpaired) electrons. The summed E-state index contributed by atoms with van der Waals surface area (Å²) in [6.45, 7) is 2.14. The average molecular weight is 253 g/mol. The van der Waals surface area contributed by atoms with Crippen molar-refractivity contribution in [3.63, 3.8) is 0 Å². The lowest BCUT2D eigenvalue weighted by Crippen LogP contribution is -2.25. The van der Waals surface area contributed by atoms with E-state index in [0.29, 0.717) is 0 Å². The number of benzene rings is 1. The van der Waals surface area contributed by atoms with E-state index in [1.54, 1.807) is 0 Å². The van der Waals surface area contributed by atoms with Gasteiger partial charge in [-0.2, -0.15) is 0 Å². The van der Waals surface area contributed by atoms with Gasteiger partial charge >= 0.3 is 0 Å². The Bertz CT molecular complexity index is 372. The van der Waals surface area contributed by atoms with Gasteiger partial charge in [-0.15, -0.1) is 12.4 Å². The monoisotopic (exact) mass is 252 g/mol. The van der Waals surface area contributed by atoms with E-state index in [1.807, 2.05) is 0 Å². The highest BCUT2D eigenvalue weighted by atomic mass is 35.5. The molecule has 0 amide bonds. The van der Waals surface area contributed by atoms with Crippen LogP contribution in [-0.4, -0.2) is 12.6 Å². The molecule has 3 heteroatoms. The molecule has 0 unspecified atom stereocenters. The molecule has 1 aliphatic carbocycles. The molecule has 1 aromatic carbocycles. The first-order valence-electron chi connectivity index (χ1n) is 6.51. The van der Waals surface area contributed by atoms with E-state index in [0.717, 1.165) is 19.1 Å². The lowest BCUT2D eigenvalue weighted by molar-refractivity contribution is 0.525. The number of hydrogen-bond donors (Lipinski definition) is 2. The molecular weight excluding hydrogens is 232 g/mol. The zero-order valence-corrected chi connectivity index (χ0v) is 11.0. The van der Waals surface area contributed by atoms with E-state index in [9.17, 15) is 0 Å². The molecule has 1 aromatic rings. The van der Waals surface area contributed by atoms with Gasteiger partial charge in [-0.3, -0.25) is 0 Å². The highest BCUT2D eigenvalue weighted by molar-refractivity contribution is 5.85. The molecule has 3 rings (SSSR count). The van der Waals surface area contributed by atoms with Crippen molar-refractivity contribution in [3.05, 3.63) is 29.3 Å². The maximum atomic E-state index is 3.69. The fourth-order valence-electron chi connectivity index (χ4n) is 2.94. The second-order valence-corrected chi connectivity index (χ2v) is 4.99. The zero-order chi connectivity index (χ0) is 10.8. The van der Waals surface area contributed by atoms with Gasteiger partial charge in [0.15, 0.2) is 0 Å². The van der Waals surface area contributed by atoms with Crippen LogP contribution in [-0.2, 0) is 13.0 Å². The predicted molar refractivity (Wildman–Crippen MR) is 75.0 cm³/mol. The van der Waals surface area contributed by atoms with Crippen LogP contribution in [0.25, 0.3) is 0 Å². The van der Waals surface area contributed by atoms with Crippen LogP contribution in [0.1, 0.15) is 36.8 Å². The van der Waals surface area contributed by atoms with Gasteiger partial charge in [0.05, 0.1) is 0 Å². The first kappa shape index (κ1) is 12.7. The van der Waals surface area contributed by atoms with E-state index < -0.39 is 0 Å². The van der Waals surface area contributed by atoms with Crippen LogP contribution in [0.5, 0.6) is 0 Å². The lowest BCUT2D eigenvalue weighted by atomic mass is 10.1. The Hall–Kier alpha value is -0.730. The summed E-state index contributed by atoms with van der Waals surface area (Å²) in [6.07, 6.45) is 6.73. The number of para-hydroxylation sites is 1. The van der Waals surface area contributed by atoms with Crippen LogP contribution >= 0.6 is 12.4 Å². The summed E-state index contributed by atoms with van der Waals surface area (Å²) in [5.74, 6) is 0. The first-order chi connectivity index (χ1) is 7.93. The van der Waals surface area contributed by atoms with Gasteiger partial charge in [0, 0.05) is 24.8 Å². The molecule has 0 aromatic heterocycles. The minimum absolute atomic E-state index is 0. The summed E-state index contributed by atoms with van der Waals surface area (Å²) in [7, 11) is 0. The summed E-state index contributed by atoms with van der Waals surface area (Å²) in [5, 5.41) is 7.19. The van der Waals surface area contributed by atoms with Crippen molar-refractivity contribution in [1.29, 1.82) is 0 Å². The topological polar surface area (TPSA) is 24.1 Å². The Labute approximate surface area is 110 Å². The third-order valence-electron chi connectivity index (χ3n) is 3.87. The van der Waals surface area contributed by atoms with E-state index in [2.05, 4.69) is 28.8 Å². The number of anilines is 1. The Morgan fingerprint density at radius 2 is 2.06 bits per heavy atom. The number of halogens is 1. The largest absolute Gasteiger partial charge is 0.384 e. The lowest BCUT2D eigenvalue weighted by Gasteiger charge is -2.14. The van der Waals surface area contributed by atoms with Crippen LogP contribution < -0.4 is 10.6 Å². The second-order valence-electron chi connectivity index (χ2n) is 4.99. The summed E-state index contributed by atoms with van der Waals surface area (Å²) >= 11 is 0. The van der Waals surface area contributed by atoms with Gasteiger partial charge in [0.1, 0.15) is 0 Å². The minimum atomic E-state index is 0. The summed E-state index contributed by atoms with van der Waals surface area (Å²) in [5.41, 5.74) is 4.33. The average Bonchev–Trinajstić information content (AvgIpc) is 2.97. The van der Waals surface area contributed by atoms with Crippen molar-refractivity contribution in [2.24, 2.45) is 0 Å². The molecule has 0 spiro atoms. The molecule has 0 bridgehead atoms.